The summed E-state index contributed by atoms with van der Waals surface area (Å²) in [6, 6.07) is 14.7. The quantitative estimate of drug-likeness (QED) is 0.793. The van der Waals surface area contributed by atoms with Gasteiger partial charge in [-0.15, -0.1) is 0 Å². The van der Waals surface area contributed by atoms with Gasteiger partial charge in [-0.05, 0) is 41.1 Å². The Morgan fingerprint density at radius 2 is 1.89 bits per heavy atom. The standard InChI is InChI=1S/C15H14BrN3/c1-19-15(6-7-18-19)10-17-14-5-3-11-8-13(16)4-2-12(11)9-14/h2-9,17H,10H2,1H3. The number of rotatable bonds is 3. The zero-order valence-electron chi connectivity index (χ0n) is 10.6. The highest BCUT2D eigenvalue weighted by Gasteiger charge is 2.00. The van der Waals surface area contributed by atoms with Crippen LogP contribution >= 0.6 is 15.9 Å². The van der Waals surface area contributed by atoms with Gasteiger partial charge < -0.3 is 5.32 Å². The van der Waals surface area contributed by atoms with E-state index in [-0.39, 0.29) is 0 Å². The van der Waals surface area contributed by atoms with Gasteiger partial charge in [0.2, 0.25) is 0 Å². The minimum atomic E-state index is 0.776. The SMILES string of the molecule is Cn1nccc1CNc1ccc2cc(Br)ccc2c1. The molecule has 2 aromatic carbocycles. The van der Waals surface area contributed by atoms with E-state index in [4.69, 9.17) is 0 Å². The third kappa shape index (κ3) is 2.63. The van der Waals surface area contributed by atoms with Crippen LogP contribution in [0.25, 0.3) is 10.8 Å². The number of hydrogen-bond acceptors (Lipinski definition) is 2. The molecule has 1 aromatic heterocycles. The van der Waals surface area contributed by atoms with E-state index in [0.717, 1.165) is 22.4 Å². The molecule has 1 N–H and O–H groups in total. The zero-order chi connectivity index (χ0) is 13.2. The third-order valence-corrected chi connectivity index (χ3v) is 3.69. The van der Waals surface area contributed by atoms with E-state index >= 15 is 0 Å². The van der Waals surface area contributed by atoms with Gasteiger partial charge in [-0.2, -0.15) is 5.10 Å². The van der Waals surface area contributed by atoms with Crippen molar-refractivity contribution in [1.29, 1.82) is 0 Å². The summed E-state index contributed by atoms with van der Waals surface area (Å²) >= 11 is 3.49. The van der Waals surface area contributed by atoms with E-state index in [1.54, 1.807) is 0 Å². The second-order valence-corrected chi connectivity index (χ2v) is 5.42. The second kappa shape index (κ2) is 5.05. The minimum absolute atomic E-state index is 0.776. The maximum atomic E-state index is 4.16. The maximum Gasteiger partial charge on any atom is 0.0571 e. The molecule has 0 fully saturated rings. The van der Waals surface area contributed by atoms with Crippen molar-refractivity contribution in [3.05, 3.63) is 58.8 Å². The molecule has 96 valence electrons. The lowest BCUT2D eigenvalue weighted by atomic mass is 10.1. The first-order chi connectivity index (χ1) is 9.22. The molecule has 0 aliphatic heterocycles. The number of nitrogens with one attached hydrogen (secondary N) is 1. The van der Waals surface area contributed by atoms with Crippen LogP contribution in [-0.4, -0.2) is 9.78 Å². The summed E-state index contributed by atoms with van der Waals surface area (Å²) in [4.78, 5) is 0. The largest absolute Gasteiger partial charge is 0.379 e. The number of anilines is 1. The summed E-state index contributed by atoms with van der Waals surface area (Å²) in [5.41, 5.74) is 2.28. The maximum absolute atomic E-state index is 4.16. The Labute approximate surface area is 120 Å². The van der Waals surface area contributed by atoms with E-state index in [2.05, 4.69) is 62.7 Å². The predicted octanol–water partition coefficient (Wildman–Crippen LogP) is 3.95. The molecule has 0 radical (unpaired) electrons. The van der Waals surface area contributed by atoms with E-state index in [0.29, 0.717) is 0 Å². The van der Waals surface area contributed by atoms with Crippen molar-refractivity contribution < 1.29 is 0 Å². The molecule has 0 aliphatic carbocycles. The topological polar surface area (TPSA) is 29.9 Å². The zero-order valence-corrected chi connectivity index (χ0v) is 12.2. The van der Waals surface area contributed by atoms with Crippen LogP contribution in [0.2, 0.25) is 0 Å². The number of benzene rings is 2. The fraction of sp³-hybridized carbons (Fsp3) is 0.133. The Morgan fingerprint density at radius 1 is 1.11 bits per heavy atom. The minimum Gasteiger partial charge on any atom is -0.379 e. The van der Waals surface area contributed by atoms with Crippen LogP contribution < -0.4 is 5.32 Å². The van der Waals surface area contributed by atoms with E-state index in [1.807, 2.05) is 24.0 Å². The van der Waals surface area contributed by atoms with Crippen LogP contribution in [0.4, 0.5) is 5.69 Å². The van der Waals surface area contributed by atoms with Crippen molar-refractivity contribution >= 4 is 32.4 Å². The molecule has 3 aromatic rings. The summed E-state index contributed by atoms with van der Waals surface area (Å²) < 4.78 is 2.99. The monoisotopic (exact) mass is 315 g/mol. The van der Waals surface area contributed by atoms with E-state index < -0.39 is 0 Å². The molecule has 0 unspecified atom stereocenters. The van der Waals surface area contributed by atoms with Gasteiger partial charge in [-0.25, -0.2) is 0 Å². The first kappa shape index (κ1) is 12.2. The highest BCUT2D eigenvalue weighted by atomic mass is 79.9. The van der Waals surface area contributed by atoms with E-state index in [9.17, 15) is 0 Å². The Bertz CT molecular complexity index is 718. The molecule has 0 atom stereocenters. The van der Waals surface area contributed by atoms with Gasteiger partial charge >= 0.3 is 0 Å². The average Bonchev–Trinajstić information content (AvgIpc) is 2.82. The number of halogens is 1. The molecular weight excluding hydrogens is 302 g/mol. The summed E-state index contributed by atoms with van der Waals surface area (Å²) in [6.45, 7) is 0.776. The Balaban J connectivity index is 1.82. The van der Waals surface area contributed by atoms with Crippen molar-refractivity contribution in [1.82, 2.24) is 9.78 Å². The number of nitrogens with zero attached hydrogens (tertiary/aromatic N) is 2. The van der Waals surface area contributed by atoms with Crippen molar-refractivity contribution in [2.24, 2.45) is 7.05 Å². The molecule has 0 amide bonds. The van der Waals surface area contributed by atoms with Crippen LogP contribution in [-0.2, 0) is 13.6 Å². The van der Waals surface area contributed by atoms with Crippen LogP contribution in [0.15, 0.2) is 53.1 Å². The molecular formula is C15H14BrN3. The molecule has 3 nitrogen and oxygen atoms in total. The average molecular weight is 316 g/mol. The molecule has 0 saturated carbocycles. The van der Waals surface area contributed by atoms with Gasteiger partial charge in [-0.1, -0.05) is 28.1 Å². The lowest BCUT2D eigenvalue weighted by Gasteiger charge is -2.08. The van der Waals surface area contributed by atoms with Crippen LogP contribution in [0.3, 0.4) is 0 Å². The second-order valence-electron chi connectivity index (χ2n) is 4.51. The molecule has 0 saturated heterocycles. The fourth-order valence-corrected chi connectivity index (χ4v) is 2.47. The molecule has 19 heavy (non-hydrogen) atoms. The smallest absolute Gasteiger partial charge is 0.0571 e. The predicted molar refractivity (Wildman–Crippen MR) is 82.2 cm³/mol. The van der Waals surface area contributed by atoms with Crippen molar-refractivity contribution in [2.45, 2.75) is 6.54 Å². The number of fused-ring (bicyclic) bond motifs is 1. The summed E-state index contributed by atoms with van der Waals surface area (Å²) in [5.74, 6) is 0. The third-order valence-electron chi connectivity index (χ3n) is 3.20. The molecule has 4 heteroatoms. The van der Waals surface area contributed by atoms with Crippen molar-refractivity contribution in [3.8, 4) is 0 Å². The lowest BCUT2D eigenvalue weighted by molar-refractivity contribution is 0.720. The van der Waals surface area contributed by atoms with Gasteiger partial charge in [0.05, 0.1) is 12.2 Å². The summed E-state index contributed by atoms with van der Waals surface area (Å²) in [7, 11) is 1.95. The Kier molecular flexibility index (Phi) is 3.25. The number of aromatic nitrogens is 2. The molecule has 3 rings (SSSR count). The molecule has 0 aliphatic rings. The van der Waals surface area contributed by atoms with Crippen LogP contribution in [0, 0.1) is 0 Å². The molecule has 1 heterocycles. The van der Waals surface area contributed by atoms with Crippen molar-refractivity contribution in [2.75, 3.05) is 5.32 Å². The number of hydrogen-bond donors (Lipinski definition) is 1. The van der Waals surface area contributed by atoms with Gasteiger partial charge in [0, 0.05) is 23.4 Å². The summed E-state index contributed by atoms with van der Waals surface area (Å²) in [6.07, 6.45) is 1.81. The lowest BCUT2D eigenvalue weighted by Crippen LogP contribution is -2.05. The first-order valence-electron chi connectivity index (χ1n) is 6.12. The van der Waals surface area contributed by atoms with Gasteiger partial charge in [0.1, 0.15) is 0 Å². The molecule has 0 spiro atoms. The van der Waals surface area contributed by atoms with E-state index in [1.165, 1.54) is 10.8 Å². The van der Waals surface area contributed by atoms with Crippen molar-refractivity contribution in [3.63, 3.8) is 0 Å². The first-order valence-corrected chi connectivity index (χ1v) is 6.92. The van der Waals surface area contributed by atoms with Crippen LogP contribution in [0.1, 0.15) is 5.69 Å². The van der Waals surface area contributed by atoms with Gasteiger partial charge in [-0.3, -0.25) is 4.68 Å². The normalized spacial score (nSPS) is 10.8. The summed E-state index contributed by atoms with van der Waals surface area (Å²) in [5, 5.41) is 10.1. The highest BCUT2D eigenvalue weighted by Crippen LogP contribution is 2.23. The Hall–Kier alpha value is -1.81. The fourth-order valence-electron chi connectivity index (χ4n) is 2.09. The van der Waals surface area contributed by atoms with Gasteiger partial charge in [0.25, 0.3) is 0 Å². The van der Waals surface area contributed by atoms with Crippen LogP contribution in [0.5, 0.6) is 0 Å². The molecule has 0 bridgehead atoms. The highest BCUT2D eigenvalue weighted by molar-refractivity contribution is 9.10. The number of aryl methyl sites for hydroxylation is 1. The Morgan fingerprint density at radius 3 is 2.68 bits per heavy atom. The van der Waals surface area contributed by atoms with Gasteiger partial charge in [0.15, 0.2) is 0 Å².